The van der Waals surface area contributed by atoms with Crippen LogP contribution in [0.4, 0.5) is 0 Å². The van der Waals surface area contributed by atoms with Gasteiger partial charge in [-0.3, -0.25) is 0 Å². The van der Waals surface area contributed by atoms with Crippen molar-refractivity contribution in [3.05, 3.63) is 18.2 Å². The van der Waals surface area contributed by atoms with Crippen LogP contribution in [0.15, 0.2) is 12.4 Å². The van der Waals surface area contributed by atoms with E-state index in [9.17, 15) is 5.11 Å². The Morgan fingerprint density at radius 3 is 2.80 bits per heavy atom. The topological polar surface area (TPSA) is 64.1 Å². The third kappa shape index (κ3) is 3.32. The smallest absolute Gasteiger partial charge is 0.105 e. The quantitative estimate of drug-likeness (QED) is 0.740. The first-order chi connectivity index (χ1) is 7.11. The van der Waals surface area contributed by atoms with Crippen molar-refractivity contribution in [1.29, 1.82) is 0 Å². The molecular weight excluding hydrogens is 190 g/mol. The van der Waals surface area contributed by atoms with Gasteiger partial charge in [-0.1, -0.05) is 6.92 Å². The molecule has 4 heteroatoms. The van der Waals surface area contributed by atoms with E-state index < -0.39 is 5.60 Å². The molecule has 1 heterocycles. The fourth-order valence-electron chi connectivity index (χ4n) is 1.64. The highest BCUT2D eigenvalue weighted by Crippen LogP contribution is 2.16. The van der Waals surface area contributed by atoms with Crippen molar-refractivity contribution >= 4 is 0 Å². The van der Waals surface area contributed by atoms with Crippen LogP contribution < -0.4 is 5.73 Å². The lowest BCUT2D eigenvalue weighted by Crippen LogP contribution is -2.37. The zero-order valence-electron chi connectivity index (χ0n) is 9.61. The lowest BCUT2D eigenvalue weighted by Gasteiger charge is -2.24. The van der Waals surface area contributed by atoms with E-state index in [0.29, 0.717) is 13.0 Å². The number of aryl methyl sites for hydroxylation is 2. The number of nitrogens with two attached hydrogens (primary N) is 1. The standard InChI is InChI=1S/C11H21N3O/c1-3-11(15,9-12)5-4-7-14-8-6-13-10(14)2/h6,8,15H,3-5,7,9,12H2,1-2H3. The summed E-state index contributed by atoms with van der Waals surface area (Å²) < 4.78 is 2.09. The van der Waals surface area contributed by atoms with Gasteiger partial charge in [0.05, 0.1) is 5.60 Å². The first-order valence-electron chi connectivity index (χ1n) is 5.51. The van der Waals surface area contributed by atoms with Crippen LogP contribution in [0.3, 0.4) is 0 Å². The Labute approximate surface area is 91.1 Å². The maximum Gasteiger partial charge on any atom is 0.105 e. The molecule has 0 saturated carbocycles. The number of hydrogen-bond acceptors (Lipinski definition) is 3. The Bertz CT molecular complexity index is 292. The molecule has 0 aliphatic carbocycles. The monoisotopic (exact) mass is 211 g/mol. The van der Waals surface area contributed by atoms with Crippen LogP contribution in [0.1, 0.15) is 32.0 Å². The van der Waals surface area contributed by atoms with Crippen molar-refractivity contribution < 1.29 is 5.11 Å². The van der Waals surface area contributed by atoms with Gasteiger partial charge in [-0.25, -0.2) is 4.98 Å². The van der Waals surface area contributed by atoms with Gasteiger partial charge in [-0.05, 0) is 26.2 Å². The molecule has 0 aromatic carbocycles. The summed E-state index contributed by atoms with van der Waals surface area (Å²) in [5, 5.41) is 9.98. The first kappa shape index (κ1) is 12.2. The minimum absolute atomic E-state index is 0.340. The number of aliphatic hydroxyl groups is 1. The van der Waals surface area contributed by atoms with Crippen molar-refractivity contribution in [3.8, 4) is 0 Å². The highest BCUT2D eigenvalue weighted by Gasteiger charge is 2.21. The molecule has 0 aliphatic heterocycles. The molecule has 1 unspecified atom stereocenters. The summed E-state index contributed by atoms with van der Waals surface area (Å²) in [6, 6.07) is 0. The van der Waals surface area contributed by atoms with Gasteiger partial charge in [0, 0.05) is 25.5 Å². The van der Waals surface area contributed by atoms with Gasteiger partial charge in [0.15, 0.2) is 0 Å². The van der Waals surface area contributed by atoms with Gasteiger partial charge in [0.2, 0.25) is 0 Å². The molecule has 4 nitrogen and oxygen atoms in total. The molecule has 0 aliphatic rings. The van der Waals surface area contributed by atoms with Crippen molar-refractivity contribution in [2.24, 2.45) is 5.73 Å². The van der Waals surface area contributed by atoms with Gasteiger partial charge in [-0.2, -0.15) is 0 Å². The zero-order chi connectivity index (χ0) is 11.3. The number of hydrogen-bond donors (Lipinski definition) is 2. The summed E-state index contributed by atoms with van der Waals surface area (Å²) in [5.74, 6) is 1.02. The molecule has 0 fully saturated rings. The van der Waals surface area contributed by atoms with E-state index in [2.05, 4.69) is 9.55 Å². The lowest BCUT2D eigenvalue weighted by molar-refractivity contribution is 0.0333. The van der Waals surface area contributed by atoms with Crippen LogP contribution in [0.25, 0.3) is 0 Å². The highest BCUT2D eigenvalue weighted by molar-refractivity contribution is 4.88. The van der Waals surface area contributed by atoms with E-state index in [4.69, 9.17) is 5.73 Å². The molecule has 86 valence electrons. The Kier molecular flexibility index (Phi) is 4.29. The predicted octanol–water partition coefficient (Wildman–Crippen LogP) is 1.07. The normalized spacial score (nSPS) is 15.2. The van der Waals surface area contributed by atoms with Gasteiger partial charge >= 0.3 is 0 Å². The molecule has 1 rings (SSSR count). The van der Waals surface area contributed by atoms with E-state index in [1.165, 1.54) is 0 Å². The molecule has 15 heavy (non-hydrogen) atoms. The zero-order valence-corrected chi connectivity index (χ0v) is 9.61. The summed E-state index contributed by atoms with van der Waals surface area (Å²) >= 11 is 0. The summed E-state index contributed by atoms with van der Waals surface area (Å²) in [4.78, 5) is 4.15. The summed E-state index contributed by atoms with van der Waals surface area (Å²) in [6.45, 7) is 5.19. The molecule has 0 spiro atoms. The summed E-state index contributed by atoms with van der Waals surface area (Å²) in [7, 11) is 0. The average molecular weight is 211 g/mol. The molecule has 0 bridgehead atoms. The fourth-order valence-corrected chi connectivity index (χ4v) is 1.64. The number of nitrogens with zero attached hydrogens (tertiary/aromatic N) is 2. The fraction of sp³-hybridized carbons (Fsp3) is 0.727. The Morgan fingerprint density at radius 1 is 1.60 bits per heavy atom. The summed E-state index contributed by atoms with van der Waals surface area (Å²) in [6.07, 6.45) is 6.15. The average Bonchev–Trinajstić information content (AvgIpc) is 2.64. The molecule has 1 aromatic rings. The van der Waals surface area contributed by atoms with E-state index in [0.717, 1.165) is 25.2 Å². The van der Waals surface area contributed by atoms with Crippen molar-refractivity contribution in [3.63, 3.8) is 0 Å². The third-order valence-electron chi connectivity index (χ3n) is 3.00. The minimum atomic E-state index is -0.686. The maximum atomic E-state index is 9.98. The van der Waals surface area contributed by atoms with Crippen LogP contribution >= 0.6 is 0 Å². The van der Waals surface area contributed by atoms with E-state index >= 15 is 0 Å². The number of imidazole rings is 1. The molecular formula is C11H21N3O. The maximum absolute atomic E-state index is 9.98. The van der Waals surface area contributed by atoms with Gasteiger partial charge in [-0.15, -0.1) is 0 Å². The van der Waals surface area contributed by atoms with E-state index in [1.54, 1.807) is 6.20 Å². The molecule has 0 radical (unpaired) electrons. The Morgan fingerprint density at radius 2 is 2.33 bits per heavy atom. The molecule has 1 aromatic heterocycles. The Hall–Kier alpha value is -0.870. The van der Waals surface area contributed by atoms with Crippen molar-refractivity contribution in [1.82, 2.24) is 9.55 Å². The second-order valence-corrected chi connectivity index (χ2v) is 4.05. The van der Waals surface area contributed by atoms with Crippen LogP contribution in [0.5, 0.6) is 0 Å². The van der Waals surface area contributed by atoms with Crippen molar-refractivity contribution in [2.75, 3.05) is 6.54 Å². The predicted molar refractivity (Wildman–Crippen MR) is 60.5 cm³/mol. The van der Waals surface area contributed by atoms with Crippen LogP contribution in [0, 0.1) is 6.92 Å². The largest absolute Gasteiger partial charge is 0.389 e. The van der Waals surface area contributed by atoms with Gasteiger partial charge < -0.3 is 15.4 Å². The number of aromatic nitrogens is 2. The highest BCUT2D eigenvalue weighted by atomic mass is 16.3. The molecule has 3 N–H and O–H groups in total. The molecule has 1 atom stereocenters. The van der Waals surface area contributed by atoms with Gasteiger partial charge in [0.25, 0.3) is 0 Å². The third-order valence-corrected chi connectivity index (χ3v) is 3.00. The number of rotatable bonds is 6. The second kappa shape index (κ2) is 5.28. The van der Waals surface area contributed by atoms with E-state index in [1.807, 2.05) is 20.0 Å². The minimum Gasteiger partial charge on any atom is -0.389 e. The lowest BCUT2D eigenvalue weighted by atomic mass is 9.95. The SMILES string of the molecule is CCC(O)(CN)CCCn1ccnc1C. The Balaban J connectivity index is 2.36. The van der Waals surface area contributed by atoms with Crippen LogP contribution in [-0.2, 0) is 6.54 Å². The van der Waals surface area contributed by atoms with Crippen LogP contribution in [-0.4, -0.2) is 26.8 Å². The van der Waals surface area contributed by atoms with E-state index in [-0.39, 0.29) is 0 Å². The van der Waals surface area contributed by atoms with Crippen LogP contribution in [0.2, 0.25) is 0 Å². The van der Waals surface area contributed by atoms with Gasteiger partial charge in [0.1, 0.15) is 5.82 Å². The molecule has 0 saturated heterocycles. The molecule has 0 amide bonds. The van der Waals surface area contributed by atoms with Crippen molar-refractivity contribution in [2.45, 2.75) is 45.3 Å². The first-order valence-corrected chi connectivity index (χ1v) is 5.51. The second-order valence-electron chi connectivity index (χ2n) is 4.05. The summed E-state index contributed by atoms with van der Waals surface area (Å²) in [5.41, 5.74) is 4.85.